The second-order valence-corrected chi connectivity index (χ2v) is 8.11. The van der Waals surface area contributed by atoms with Crippen LogP contribution in [-0.2, 0) is 11.3 Å². The maximum atomic E-state index is 13.0. The molecule has 162 valence electrons. The van der Waals surface area contributed by atoms with Crippen molar-refractivity contribution in [2.75, 3.05) is 12.4 Å². The van der Waals surface area contributed by atoms with E-state index in [0.717, 1.165) is 21.5 Å². The molecule has 3 aromatic rings. The van der Waals surface area contributed by atoms with Crippen LogP contribution in [0.15, 0.2) is 47.3 Å². The third-order valence-electron chi connectivity index (χ3n) is 5.24. The van der Waals surface area contributed by atoms with Gasteiger partial charge in [0, 0.05) is 18.1 Å². The van der Waals surface area contributed by atoms with Crippen LogP contribution in [0.1, 0.15) is 61.1 Å². The normalized spacial score (nSPS) is 11.2. The lowest BCUT2D eigenvalue weighted by atomic mass is 9.92. The van der Waals surface area contributed by atoms with Gasteiger partial charge in [-0.2, -0.15) is 5.10 Å². The highest BCUT2D eigenvalue weighted by Gasteiger charge is 2.19. The van der Waals surface area contributed by atoms with Gasteiger partial charge in [-0.25, -0.2) is 4.68 Å². The molecule has 0 saturated heterocycles. The highest BCUT2D eigenvalue weighted by Crippen LogP contribution is 2.32. The number of aromatic nitrogens is 2. The summed E-state index contributed by atoms with van der Waals surface area (Å²) in [6, 6.07) is 12.7. The Labute approximate surface area is 181 Å². The lowest BCUT2D eigenvalue weighted by molar-refractivity contribution is -0.117. The molecule has 0 radical (unpaired) electrons. The van der Waals surface area contributed by atoms with Crippen LogP contribution < -0.4 is 16.2 Å². The smallest absolute Gasteiger partial charge is 0.275 e. The number of anilines is 1. The first-order valence-corrected chi connectivity index (χ1v) is 10.4. The fourth-order valence-corrected chi connectivity index (χ4v) is 3.64. The Bertz CT molecular complexity index is 1170. The first-order chi connectivity index (χ1) is 14.7. The third kappa shape index (κ3) is 4.50. The Kier molecular flexibility index (Phi) is 6.53. The number of fused-ring (bicyclic) bond motifs is 1. The molecular formula is C24H28N4O3. The second-order valence-electron chi connectivity index (χ2n) is 8.11. The van der Waals surface area contributed by atoms with Gasteiger partial charge < -0.3 is 10.6 Å². The summed E-state index contributed by atoms with van der Waals surface area (Å²) in [5.41, 5.74) is 2.53. The van der Waals surface area contributed by atoms with Gasteiger partial charge in [-0.1, -0.05) is 64.1 Å². The van der Waals surface area contributed by atoms with E-state index in [-0.39, 0.29) is 30.0 Å². The molecule has 7 heteroatoms. The summed E-state index contributed by atoms with van der Waals surface area (Å²) in [7, 11) is 1.50. The quantitative estimate of drug-likeness (QED) is 0.637. The first kappa shape index (κ1) is 22.2. The van der Waals surface area contributed by atoms with Crippen molar-refractivity contribution in [2.24, 2.45) is 0 Å². The molecule has 2 aromatic carbocycles. The summed E-state index contributed by atoms with van der Waals surface area (Å²) >= 11 is 0. The van der Waals surface area contributed by atoms with Crippen molar-refractivity contribution < 1.29 is 9.59 Å². The van der Waals surface area contributed by atoms with Gasteiger partial charge in [0.25, 0.3) is 11.5 Å². The number of para-hydroxylation sites is 1. The average molecular weight is 421 g/mol. The molecule has 0 spiro atoms. The van der Waals surface area contributed by atoms with Gasteiger partial charge in [0.1, 0.15) is 6.54 Å². The maximum absolute atomic E-state index is 13.0. The first-order valence-electron chi connectivity index (χ1n) is 10.4. The summed E-state index contributed by atoms with van der Waals surface area (Å²) in [6.45, 7) is 7.98. The van der Waals surface area contributed by atoms with E-state index in [1.807, 2.05) is 18.2 Å². The van der Waals surface area contributed by atoms with Gasteiger partial charge >= 0.3 is 0 Å². The summed E-state index contributed by atoms with van der Waals surface area (Å²) < 4.78 is 1.05. The van der Waals surface area contributed by atoms with E-state index in [0.29, 0.717) is 10.8 Å². The van der Waals surface area contributed by atoms with Crippen LogP contribution in [0.3, 0.4) is 0 Å². The molecule has 0 atom stereocenters. The molecule has 0 aliphatic rings. The number of carbonyl (C=O) groups excluding carboxylic acids is 2. The van der Waals surface area contributed by atoms with Gasteiger partial charge in [0.2, 0.25) is 5.91 Å². The molecule has 3 rings (SSSR count). The van der Waals surface area contributed by atoms with Crippen LogP contribution >= 0.6 is 0 Å². The summed E-state index contributed by atoms with van der Waals surface area (Å²) in [4.78, 5) is 38.2. The van der Waals surface area contributed by atoms with Crippen molar-refractivity contribution >= 4 is 28.3 Å². The lowest BCUT2D eigenvalue weighted by Gasteiger charge is -2.20. The minimum Gasteiger partial charge on any atom is -0.354 e. The molecule has 2 amide bonds. The van der Waals surface area contributed by atoms with Crippen molar-refractivity contribution in [3.05, 3.63) is 69.6 Å². The van der Waals surface area contributed by atoms with E-state index in [4.69, 9.17) is 0 Å². The van der Waals surface area contributed by atoms with Crippen LogP contribution in [-0.4, -0.2) is 28.6 Å². The largest absolute Gasteiger partial charge is 0.354 e. The zero-order valence-electron chi connectivity index (χ0n) is 18.5. The van der Waals surface area contributed by atoms with Crippen LogP contribution in [0.5, 0.6) is 0 Å². The highest BCUT2D eigenvalue weighted by atomic mass is 16.2. The molecule has 0 aliphatic carbocycles. The zero-order chi connectivity index (χ0) is 22.7. The monoisotopic (exact) mass is 420 g/mol. The Morgan fingerprint density at radius 1 is 0.935 bits per heavy atom. The van der Waals surface area contributed by atoms with E-state index in [1.54, 1.807) is 24.3 Å². The Balaban J connectivity index is 2.01. The third-order valence-corrected chi connectivity index (χ3v) is 5.24. The molecule has 0 bridgehead atoms. The molecule has 7 nitrogen and oxygen atoms in total. The van der Waals surface area contributed by atoms with E-state index in [2.05, 4.69) is 43.4 Å². The Morgan fingerprint density at radius 2 is 1.52 bits per heavy atom. The molecule has 0 unspecified atom stereocenters. The van der Waals surface area contributed by atoms with Gasteiger partial charge in [-0.05, 0) is 29.0 Å². The minimum absolute atomic E-state index is 0.107. The Morgan fingerprint density at radius 3 is 2.06 bits per heavy atom. The number of benzene rings is 2. The predicted molar refractivity (Wildman–Crippen MR) is 123 cm³/mol. The SMILES string of the molecule is CNC(=O)c1nn(CC(=O)Nc2c(C(C)C)cccc2C(C)C)c(=O)c2ccccc12. The maximum Gasteiger partial charge on any atom is 0.275 e. The fourth-order valence-electron chi connectivity index (χ4n) is 3.64. The molecule has 1 aromatic heterocycles. The number of nitrogens with zero attached hydrogens (tertiary/aromatic N) is 2. The van der Waals surface area contributed by atoms with E-state index >= 15 is 0 Å². The van der Waals surface area contributed by atoms with Crippen molar-refractivity contribution in [1.82, 2.24) is 15.1 Å². The highest BCUT2D eigenvalue weighted by molar-refractivity contribution is 6.04. The number of nitrogens with one attached hydrogen (secondary N) is 2. The molecule has 1 heterocycles. The zero-order valence-corrected chi connectivity index (χ0v) is 18.5. The standard InChI is InChI=1S/C24H28N4O3/c1-14(2)16-11-8-12-17(15(3)4)21(16)26-20(29)13-28-24(31)19-10-7-6-9-18(19)22(27-28)23(30)25-5/h6-12,14-15H,13H2,1-5H3,(H,25,30)(H,26,29). The molecule has 2 N–H and O–H groups in total. The molecule has 0 aliphatic heterocycles. The van der Waals surface area contributed by atoms with Crippen molar-refractivity contribution in [1.29, 1.82) is 0 Å². The van der Waals surface area contributed by atoms with Crippen LogP contribution in [0.25, 0.3) is 10.8 Å². The molecule has 0 saturated carbocycles. The number of carbonyl (C=O) groups is 2. The van der Waals surface area contributed by atoms with Crippen LogP contribution in [0.2, 0.25) is 0 Å². The van der Waals surface area contributed by atoms with E-state index in [9.17, 15) is 14.4 Å². The minimum atomic E-state index is -0.419. The van der Waals surface area contributed by atoms with Gasteiger partial charge in [0.15, 0.2) is 5.69 Å². The van der Waals surface area contributed by atoms with Crippen molar-refractivity contribution in [3.8, 4) is 0 Å². The average Bonchev–Trinajstić information content (AvgIpc) is 2.75. The van der Waals surface area contributed by atoms with Crippen molar-refractivity contribution in [2.45, 2.75) is 46.1 Å². The van der Waals surface area contributed by atoms with Gasteiger partial charge in [-0.15, -0.1) is 0 Å². The van der Waals surface area contributed by atoms with E-state index < -0.39 is 11.5 Å². The van der Waals surface area contributed by atoms with E-state index in [1.165, 1.54) is 7.05 Å². The molecular weight excluding hydrogens is 392 g/mol. The fraction of sp³-hybridized carbons (Fsp3) is 0.333. The van der Waals surface area contributed by atoms with Crippen molar-refractivity contribution in [3.63, 3.8) is 0 Å². The Hall–Kier alpha value is -3.48. The predicted octanol–water partition coefficient (Wildman–Crippen LogP) is 3.64. The van der Waals surface area contributed by atoms with Gasteiger partial charge in [0.05, 0.1) is 5.39 Å². The second kappa shape index (κ2) is 9.12. The lowest BCUT2D eigenvalue weighted by Crippen LogP contribution is -2.33. The summed E-state index contributed by atoms with van der Waals surface area (Å²) in [6.07, 6.45) is 0. The number of amides is 2. The van der Waals surface area contributed by atoms with Gasteiger partial charge in [-0.3, -0.25) is 14.4 Å². The number of hydrogen-bond acceptors (Lipinski definition) is 4. The molecule has 31 heavy (non-hydrogen) atoms. The number of rotatable bonds is 6. The van der Waals surface area contributed by atoms with Crippen LogP contribution in [0.4, 0.5) is 5.69 Å². The molecule has 0 fully saturated rings. The topological polar surface area (TPSA) is 93.1 Å². The van der Waals surface area contributed by atoms with Crippen LogP contribution in [0, 0.1) is 0 Å². The number of hydrogen-bond donors (Lipinski definition) is 2. The summed E-state index contributed by atoms with van der Waals surface area (Å²) in [5.74, 6) is -0.355. The summed E-state index contributed by atoms with van der Waals surface area (Å²) in [5, 5.41) is 10.5.